The van der Waals surface area contributed by atoms with E-state index in [0.717, 1.165) is 10.4 Å². The van der Waals surface area contributed by atoms with E-state index in [2.05, 4.69) is 0 Å². The van der Waals surface area contributed by atoms with E-state index in [-0.39, 0.29) is 41.7 Å². The number of hydrogen-bond acceptors (Lipinski definition) is 5. The van der Waals surface area contributed by atoms with Crippen LogP contribution in [0.4, 0.5) is 4.39 Å². The van der Waals surface area contributed by atoms with E-state index in [1.54, 1.807) is 0 Å². The van der Waals surface area contributed by atoms with E-state index < -0.39 is 27.8 Å². The number of halogens is 2. The maximum atomic E-state index is 14.3. The lowest BCUT2D eigenvalue weighted by molar-refractivity contribution is -0.122. The summed E-state index contributed by atoms with van der Waals surface area (Å²) in [6.45, 7) is 3.06. The van der Waals surface area contributed by atoms with Crippen LogP contribution in [0.15, 0.2) is 47.4 Å². The first-order chi connectivity index (χ1) is 14.6. The minimum atomic E-state index is -4.17. The molecule has 2 rings (SSSR count). The van der Waals surface area contributed by atoms with Crippen LogP contribution in [-0.4, -0.2) is 37.6 Å². The van der Waals surface area contributed by atoms with E-state index in [0.29, 0.717) is 11.3 Å². The third-order valence-corrected chi connectivity index (χ3v) is 6.55. The summed E-state index contributed by atoms with van der Waals surface area (Å²) in [5.74, 6) is -1.74. The minimum absolute atomic E-state index is 0.0312. The standard InChI is InChI=1S/C21H24ClFN2O5S/c1-14(2)11-19(21(24)27)25(31(28,29)17-6-4-16(22)5-7-17)13-15-3-8-20(18(23)12-15)30-10-9-26/h3-9,12,14,19H,10-11,13H2,1-2H3,(H2,24,27)/t19-/m1/s1. The lowest BCUT2D eigenvalue weighted by atomic mass is 10.0. The molecule has 10 heteroatoms. The van der Waals surface area contributed by atoms with Crippen LogP contribution in [0.1, 0.15) is 25.8 Å². The van der Waals surface area contributed by atoms with Crippen LogP contribution in [0.25, 0.3) is 0 Å². The third-order valence-electron chi connectivity index (χ3n) is 4.43. The van der Waals surface area contributed by atoms with E-state index >= 15 is 0 Å². The summed E-state index contributed by atoms with van der Waals surface area (Å²) in [6.07, 6.45) is 0.669. The molecular weight excluding hydrogens is 447 g/mol. The molecule has 0 heterocycles. The van der Waals surface area contributed by atoms with Crippen LogP contribution < -0.4 is 10.5 Å². The van der Waals surface area contributed by atoms with Crippen LogP contribution in [0.5, 0.6) is 5.75 Å². The second-order valence-electron chi connectivity index (χ2n) is 7.29. The molecule has 0 unspecified atom stereocenters. The molecule has 0 saturated carbocycles. The molecule has 2 aromatic carbocycles. The largest absolute Gasteiger partial charge is 0.483 e. The molecule has 0 aromatic heterocycles. The van der Waals surface area contributed by atoms with Crippen molar-refractivity contribution in [2.24, 2.45) is 11.7 Å². The highest BCUT2D eigenvalue weighted by Gasteiger charge is 2.35. The maximum Gasteiger partial charge on any atom is 0.244 e. The van der Waals surface area contributed by atoms with Crippen molar-refractivity contribution in [1.82, 2.24) is 4.31 Å². The Bertz CT molecular complexity index is 1030. The van der Waals surface area contributed by atoms with Gasteiger partial charge in [-0.2, -0.15) is 4.31 Å². The molecule has 0 fully saturated rings. The molecule has 2 N–H and O–H groups in total. The van der Waals surface area contributed by atoms with Gasteiger partial charge < -0.3 is 10.5 Å². The average molecular weight is 471 g/mol. The molecule has 0 spiro atoms. The average Bonchev–Trinajstić information content (AvgIpc) is 2.69. The van der Waals surface area contributed by atoms with Crippen molar-refractivity contribution in [3.8, 4) is 5.75 Å². The van der Waals surface area contributed by atoms with Crippen LogP contribution in [0.3, 0.4) is 0 Å². The Kier molecular flexibility index (Phi) is 8.55. The molecule has 7 nitrogen and oxygen atoms in total. The number of aldehydes is 1. The molecule has 168 valence electrons. The van der Waals surface area contributed by atoms with Crippen molar-refractivity contribution in [3.63, 3.8) is 0 Å². The first kappa shape index (κ1) is 24.8. The normalized spacial score (nSPS) is 12.7. The van der Waals surface area contributed by atoms with Crippen molar-refractivity contribution in [1.29, 1.82) is 0 Å². The zero-order chi connectivity index (χ0) is 23.2. The Labute approximate surface area is 186 Å². The fraction of sp³-hybridized carbons (Fsp3) is 0.333. The summed E-state index contributed by atoms with van der Waals surface area (Å²) in [5, 5.41) is 0.354. The number of benzene rings is 2. The Morgan fingerprint density at radius 2 is 1.87 bits per heavy atom. The van der Waals surface area contributed by atoms with Gasteiger partial charge in [0.2, 0.25) is 15.9 Å². The number of rotatable bonds is 11. The molecule has 2 aromatic rings. The number of sulfonamides is 1. The van der Waals surface area contributed by atoms with Gasteiger partial charge >= 0.3 is 0 Å². The van der Waals surface area contributed by atoms with E-state index in [1.807, 2.05) is 13.8 Å². The molecule has 0 bridgehead atoms. The van der Waals surface area contributed by atoms with Gasteiger partial charge in [0, 0.05) is 11.6 Å². The molecule has 0 radical (unpaired) electrons. The molecule has 0 aliphatic heterocycles. The second kappa shape index (κ2) is 10.7. The highest BCUT2D eigenvalue weighted by atomic mass is 35.5. The molecule has 1 amide bonds. The number of hydrogen-bond donors (Lipinski definition) is 1. The lowest BCUT2D eigenvalue weighted by Gasteiger charge is -2.30. The predicted octanol–water partition coefficient (Wildman–Crippen LogP) is 3.15. The van der Waals surface area contributed by atoms with Crippen molar-refractivity contribution in [2.75, 3.05) is 6.61 Å². The minimum Gasteiger partial charge on any atom is -0.483 e. The summed E-state index contributed by atoms with van der Waals surface area (Å²) in [7, 11) is -4.17. The fourth-order valence-electron chi connectivity index (χ4n) is 2.99. The zero-order valence-corrected chi connectivity index (χ0v) is 18.7. The van der Waals surface area contributed by atoms with Crippen LogP contribution in [0, 0.1) is 11.7 Å². The summed E-state index contributed by atoms with van der Waals surface area (Å²) in [5.41, 5.74) is 5.84. The number of ether oxygens (including phenoxy) is 1. The van der Waals surface area contributed by atoms with Gasteiger partial charge in [0.1, 0.15) is 12.6 Å². The number of carbonyl (C=O) groups excluding carboxylic acids is 2. The quantitative estimate of drug-likeness (QED) is 0.508. The highest BCUT2D eigenvalue weighted by Crippen LogP contribution is 2.27. The summed E-state index contributed by atoms with van der Waals surface area (Å²) in [6, 6.07) is 8.21. The van der Waals surface area contributed by atoms with E-state index in [4.69, 9.17) is 22.1 Å². The van der Waals surface area contributed by atoms with Gasteiger partial charge in [-0.05, 0) is 54.3 Å². The Morgan fingerprint density at radius 3 is 2.39 bits per heavy atom. The number of carbonyl (C=O) groups is 2. The first-order valence-corrected chi connectivity index (χ1v) is 11.3. The number of amides is 1. The van der Waals surface area contributed by atoms with Gasteiger partial charge in [-0.15, -0.1) is 0 Å². The second-order valence-corrected chi connectivity index (χ2v) is 9.62. The van der Waals surface area contributed by atoms with Crippen LogP contribution in [0.2, 0.25) is 5.02 Å². The first-order valence-electron chi connectivity index (χ1n) is 9.47. The van der Waals surface area contributed by atoms with Gasteiger partial charge in [-0.3, -0.25) is 9.59 Å². The summed E-state index contributed by atoms with van der Waals surface area (Å²) >= 11 is 5.86. The summed E-state index contributed by atoms with van der Waals surface area (Å²) in [4.78, 5) is 22.6. The molecular formula is C21H24ClFN2O5S. The van der Waals surface area contributed by atoms with Gasteiger partial charge in [0.15, 0.2) is 17.9 Å². The fourth-order valence-corrected chi connectivity index (χ4v) is 4.71. The third kappa shape index (κ3) is 6.49. The smallest absolute Gasteiger partial charge is 0.244 e. The monoisotopic (exact) mass is 470 g/mol. The predicted molar refractivity (Wildman–Crippen MR) is 115 cm³/mol. The van der Waals surface area contributed by atoms with E-state index in [1.165, 1.54) is 36.4 Å². The number of primary amides is 1. The van der Waals surface area contributed by atoms with Gasteiger partial charge in [0.25, 0.3) is 0 Å². The highest BCUT2D eigenvalue weighted by molar-refractivity contribution is 7.89. The zero-order valence-electron chi connectivity index (χ0n) is 17.1. The van der Waals surface area contributed by atoms with Gasteiger partial charge in [-0.1, -0.05) is 31.5 Å². The molecule has 0 aliphatic carbocycles. The SMILES string of the molecule is CC(C)C[C@H](C(N)=O)N(Cc1ccc(OCC=O)c(F)c1)S(=O)(=O)c1ccc(Cl)cc1. The number of nitrogens with zero attached hydrogens (tertiary/aromatic N) is 1. The van der Waals surface area contributed by atoms with Crippen molar-refractivity contribution < 1.29 is 27.1 Å². The van der Waals surface area contributed by atoms with E-state index in [9.17, 15) is 22.4 Å². The van der Waals surface area contributed by atoms with Crippen LogP contribution in [-0.2, 0) is 26.2 Å². The molecule has 0 aliphatic rings. The topological polar surface area (TPSA) is 107 Å². The van der Waals surface area contributed by atoms with Crippen LogP contribution >= 0.6 is 11.6 Å². The molecule has 1 atom stereocenters. The molecule has 0 saturated heterocycles. The van der Waals surface area contributed by atoms with Gasteiger partial charge in [0.05, 0.1) is 4.90 Å². The molecule has 31 heavy (non-hydrogen) atoms. The maximum absolute atomic E-state index is 14.3. The Hall–Kier alpha value is -2.49. The lowest BCUT2D eigenvalue weighted by Crippen LogP contribution is -2.48. The Balaban J connectivity index is 2.49. The number of nitrogens with two attached hydrogens (primary N) is 1. The Morgan fingerprint density at radius 1 is 1.23 bits per heavy atom. The summed E-state index contributed by atoms with van der Waals surface area (Å²) < 4.78 is 47.1. The van der Waals surface area contributed by atoms with Gasteiger partial charge in [-0.25, -0.2) is 12.8 Å². The van der Waals surface area contributed by atoms with Crippen molar-refractivity contribution >= 4 is 33.8 Å². The van der Waals surface area contributed by atoms with Crippen molar-refractivity contribution in [3.05, 3.63) is 58.9 Å². The van der Waals surface area contributed by atoms with Crippen molar-refractivity contribution in [2.45, 2.75) is 37.8 Å².